The highest BCUT2D eigenvalue weighted by Crippen LogP contribution is 2.34. The van der Waals surface area contributed by atoms with Gasteiger partial charge in [0.2, 0.25) is 0 Å². The highest BCUT2D eigenvalue weighted by Gasteiger charge is 2.18. The maximum absolute atomic E-state index is 12.5. The lowest BCUT2D eigenvalue weighted by Gasteiger charge is -2.16. The first-order valence-corrected chi connectivity index (χ1v) is 7.64. The number of benzene rings is 1. The Morgan fingerprint density at radius 3 is 2.42 bits per heavy atom. The summed E-state index contributed by atoms with van der Waals surface area (Å²) in [5, 5.41) is 7.08. The monoisotopic (exact) mass is 333 g/mol. The number of rotatable bonds is 8. The molecule has 0 radical (unpaired) electrons. The molecule has 0 saturated heterocycles. The third kappa shape index (κ3) is 4.18. The summed E-state index contributed by atoms with van der Waals surface area (Å²) in [6.45, 7) is 3.31. The van der Waals surface area contributed by atoms with Crippen molar-refractivity contribution in [2.75, 3.05) is 27.9 Å². The minimum absolute atomic E-state index is 0.222. The Hall–Kier alpha value is -2.70. The Morgan fingerprint density at radius 1 is 1.17 bits per heavy atom. The van der Waals surface area contributed by atoms with Gasteiger partial charge in [-0.05, 0) is 12.0 Å². The zero-order valence-corrected chi connectivity index (χ0v) is 14.4. The summed E-state index contributed by atoms with van der Waals surface area (Å²) in [7, 11) is 4.57. The van der Waals surface area contributed by atoms with Crippen LogP contribution < -0.4 is 19.5 Å². The van der Waals surface area contributed by atoms with Crippen molar-refractivity contribution in [2.24, 2.45) is 5.92 Å². The van der Waals surface area contributed by atoms with Gasteiger partial charge in [0.15, 0.2) is 11.5 Å². The Morgan fingerprint density at radius 2 is 1.83 bits per heavy atom. The second-order valence-corrected chi connectivity index (χ2v) is 5.45. The molecule has 0 aliphatic rings. The number of carbonyl (C=O) groups excluding carboxylic acids is 1. The molecule has 0 aliphatic heterocycles. The Balaban J connectivity index is 2.05. The van der Waals surface area contributed by atoms with Gasteiger partial charge in [-0.15, -0.1) is 0 Å². The number of amides is 1. The van der Waals surface area contributed by atoms with Crippen molar-refractivity contribution >= 4 is 5.91 Å². The van der Waals surface area contributed by atoms with Crippen LogP contribution in [0.15, 0.2) is 30.6 Å². The van der Waals surface area contributed by atoms with Crippen LogP contribution in [0.1, 0.15) is 17.3 Å². The van der Waals surface area contributed by atoms with Crippen LogP contribution in [0.4, 0.5) is 0 Å². The van der Waals surface area contributed by atoms with Gasteiger partial charge in [-0.2, -0.15) is 5.10 Å². The van der Waals surface area contributed by atoms with E-state index < -0.39 is 0 Å². The summed E-state index contributed by atoms with van der Waals surface area (Å²) in [4.78, 5) is 12.5. The molecule has 130 valence electrons. The molecule has 1 atom stereocenters. The second kappa shape index (κ2) is 8.24. The van der Waals surface area contributed by atoms with Crippen LogP contribution in [0, 0.1) is 5.92 Å². The van der Waals surface area contributed by atoms with Crippen LogP contribution in [-0.4, -0.2) is 43.6 Å². The number of hydrogen-bond donors (Lipinski definition) is 1. The summed E-state index contributed by atoms with van der Waals surface area (Å²) >= 11 is 0. The molecule has 0 bridgehead atoms. The van der Waals surface area contributed by atoms with E-state index >= 15 is 0 Å². The minimum atomic E-state index is -0.222. The molecule has 1 N–H and O–H groups in total. The smallest absolute Gasteiger partial charge is 0.255 e. The van der Waals surface area contributed by atoms with Crippen LogP contribution in [0.2, 0.25) is 0 Å². The molecule has 24 heavy (non-hydrogen) atoms. The molecule has 0 aliphatic carbocycles. The number of hydrogen-bond acceptors (Lipinski definition) is 5. The Bertz CT molecular complexity index is 671. The standard InChI is InChI=1S/C17H23N3O4/c1-12(11-20-7-5-6-19-20)10-18-17(21)13-8-15(23-3)16(24-4)9-14(13)22-2/h5-9,12H,10-11H2,1-4H3,(H,18,21). The zero-order valence-electron chi connectivity index (χ0n) is 14.4. The van der Waals surface area contributed by atoms with Gasteiger partial charge in [0, 0.05) is 37.6 Å². The third-order valence-corrected chi connectivity index (χ3v) is 3.62. The van der Waals surface area contributed by atoms with Crippen molar-refractivity contribution in [3.05, 3.63) is 36.2 Å². The highest BCUT2D eigenvalue weighted by atomic mass is 16.5. The molecule has 0 fully saturated rings. The highest BCUT2D eigenvalue weighted by molar-refractivity contribution is 5.97. The van der Waals surface area contributed by atoms with Gasteiger partial charge in [0.05, 0.1) is 26.9 Å². The molecule has 1 unspecified atom stereocenters. The SMILES string of the molecule is COc1cc(OC)c(C(=O)NCC(C)Cn2cccn2)cc1OC. The number of aromatic nitrogens is 2. The van der Waals surface area contributed by atoms with Crippen molar-refractivity contribution in [1.82, 2.24) is 15.1 Å². The van der Waals surface area contributed by atoms with Gasteiger partial charge in [-0.3, -0.25) is 9.48 Å². The van der Waals surface area contributed by atoms with Crippen LogP contribution in [-0.2, 0) is 6.54 Å². The lowest BCUT2D eigenvalue weighted by molar-refractivity contribution is 0.0943. The van der Waals surface area contributed by atoms with E-state index in [-0.39, 0.29) is 11.8 Å². The Kier molecular flexibility index (Phi) is 6.06. The first-order chi connectivity index (χ1) is 11.6. The predicted octanol–water partition coefficient (Wildman–Crippen LogP) is 1.97. The summed E-state index contributed by atoms with van der Waals surface area (Å²) < 4.78 is 17.6. The van der Waals surface area contributed by atoms with E-state index in [9.17, 15) is 4.79 Å². The lowest BCUT2D eigenvalue weighted by atomic mass is 10.1. The van der Waals surface area contributed by atoms with Crippen molar-refractivity contribution in [3.8, 4) is 17.2 Å². The van der Waals surface area contributed by atoms with Crippen molar-refractivity contribution < 1.29 is 19.0 Å². The van der Waals surface area contributed by atoms with E-state index in [1.165, 1.54) is 21.3 Å². The lowest BCUT2D eigenvalue weighted by Crippen LogP contribution is -2.30. The van der Waals surface area contributed by atoms with Crippen molar-refractivity contribution in [1.29, 1.82) is 0 Å². The topological polar surface area (TPSA) is 74.6 Å². The largest absolute Gasteiger partial charge is 0.496 e. The molecule has 1 amide bonds. The van der Waals surface area contributed by atoms with Crippen LogP contribution in [0.5, 0.6) is 17.2 Å². The van der Waals surface area contributed by atoms with Crippen LogP contribution in [0.3, 0.4) is 0 Å². The first kappa shape index (κ1) is 17.7. The number of nitrogens with one attached hydrogen (secondary N) is 1. The number of carbonyl (C=O) groups is 1. The predicted molar refractivity (Wildman–Crippen MR) is 89.8 cm³/mol. The minimum Gasteiger partial charge on any atom is -0.496 e. The molecule has 7 heteroatoms. The summed E-state index contributed by atoms with van der Waals surface area (Å²) in [5.41, 5.74) is 0.404. The zero-order chi connectivity index (χ0) is 17.5. The molecule has 0 spiro atoms. The molecular formula is C17H23N3O4. The average molecular weight is 333 g/mol. The fraction of sp³-hybridized carbons (Fsp3) is 0.412. The van der Waals surface area contributed by atoms with E-state index in [4.69, 9.17) is 14.2 Å². The summed E-state index contributed by atoms with van der Waals surface area (Å²) in [6, 6.07) is 5.13. The normalized spacial score (nSPS) is 11.7. The van der Waals surface area contributed by atoms with Crippen LogP contribution in [0.25, 0.3) is 0 Å². The van der Waals surface area contributed by atoms with Crippen molar-refractivity contribution in [2.45, 2.75) is 13.5 Å². The Labute approximate surface area is 141 Å². The fourth-order valence-electron chi connectivity index (χ4n) is 2.36. The van der Waals surface area contributed by atoms with Gasteiger partial charge in [0.1, 0.15) is 5.75 Å². The third-order valence-electron chi connectivity index (χ3n) is 3.62. The van der Waals surface area contributed by atoms with Gasteiger partial charge in [0.25, 0.3) is 5.91 Å². The van der Waals surface area contributed by atoms with E-state index in [2.05, 4.69) is 10.4 Å². The van der Waals surface area contributed by atoms with E-state index in [0.29, 0.717) is 29.4 Å². The van der Waals surface area contributed by atoms with E-state index in [1.54, 1.807) is 18.3 Å². The van der Waals surface area contributed by atoms with Gasteiger partial charge < -0.3 is 19.5 Å². The quantitative estimate of drug-likeness (QED) is 0.799. The van der Waals surface area contributed by atoms with Gasteiger partial charge in [-0.25, -0.2) is 0 Å². The van der Waals surface area contributed by atoms with Gasteiger partial charge in [-0.1, -0.05) is 6.92 Å². The van der Waals surface area contributed by atoms with E-state index in [1.807, 2.05) is 23.9 Å². The molecule has 1 heterocycles. The number of nitrogens with zero attached hydrogens (tertiary/aromatic N) is 2. The second-order valence-electron chi connectivity index (χ2n) is 5.45. The van der Waals surface area contributed by atoms with Crippen molar-refractivity contribution in [3.63, 3.8) is 0 Å². The molecule has 2 rings (SSSR count). The molecule has 2 aromatic rings. The van der Waals surface area contributed by atoms with E-state index in [0.717, 1.165) is 6.54 Å². The first-order valence-electron chi connectivity index (χ1n) is 7.64. The molecule has 1 aromatic heterocycles. The van der Waals surface area contributed by atoms with Gasteiger partial charge >= 0.3 is 0 Å². The maximum atomic E-state index is 12.5. The fourth-order valence-corrected chi connectivity index (χ4v) is 2.36. The summed E-state index contributed by atoms with van der Waals surface area (Å²) in [6.07, 6.45) is 3.63. The molecule has 1 aromatic carbocycles. The summed E-state index contributed by atoms with van der Waals surface area (Å²) in [5.74, 6) is 1.44. The van der Waals surface area contributed by atoms with Crippen LogP contribution >= 0.6 is 0 Å². The average Bonchev–Trinajstić information content (AvgIpc) is 3.11. The number of methoxy groups -OCH3 is 3. The molecule has 0 saturated carbocycles. The maximum Gasteiger partial charge on any atom is 0.255 e. The molecular weight excluding hydrogens is 310 g/mol. The molecule has 7 nitrogen and oxygen atoms in total. The number of ether oxygens (including phenoxy) is 3.